The minimum absolute atomic E-state index is 0.645. The van der Waals surface area contributed by atoms with E-state index in [1.54, 1.807) is 11.3 Å². The van der Waals surface area contributed by atoms with Gasteiger partial charge in [0.15, 0.2) is 0 Å². The second-order valence-electron chi connectivity index (χ2n) is 4.28. The number of anilines is 2. The Morgan fingerprint density at radius 2 is 2.05 bits per heavy atom. The number of nitrogens with zero attached hydrogens (tertiary/aromatic N) is 3. The Bertz CT molecular complexity index is 696. The summed E-state index contributed by atoms with van der Waals surface area (Å²) in [7, 11) is 0. The smallest absolute Gasteiger partial charge is 0.225 e. The van der Waals surface area contributed by atoms with Crippen LogP contribution in [-0.4, -0.2) is 21.5 Å². The summed E-state index contributed by atoms with van der Waals surface area (Å²) < 4.78 is 0. The van der Waals surface area contributed by atoms with Crippen molar-refractivity contribution in [3.63, 3.8) is 0 Å². The van der Waals surface area contributed by atoms with E-state index in [1.807, 2.05) is 42.1 Å². The Labute approximate surface area is 121 Å². The van der Waals surface area contributed by atoms with Crippen LogP contribution in [0.2, 0.25) is 0 Å². The zero-order valence-corrected chi connectivity index (χ0v) is 11.9. The highest BCUT2D eigenvalue weighted by Gasteiger charge is 2.07. The SMILES string of the molecule is CCNc1nc(NCc2cscn2)c2ccccc2n1. The van der Waals surface area contributed by atoms with Crippen LogP contribution in [0.25, 0.3) is 10.9 Å². The molecule has 0 atom stereocenters. The van der Waals surface area contributed by atoms with Gasteiger partial charge in [-0.3, -0.25) is 0 Å². The average molecular weight is 285 g/mol. The lowest BCUT2D eigenvalue weighted by Gasteiger charge is -2.10. The largest absolute Gasteiger partial charge is 0.364 e. The number of aromatic nitrogens is 3. The Morgan fingerprint density at radius 1 is 1.15 bits per heavy atom. The first kappa shape index (κ1) is 12.8. The van der Waals surface area contributed by atoms with Crippen molar-refractivity contribution in [3.05, 3.63) is 40.8 Å². The fraction of sp³-hybridized carbons (Fsp3) is 0.214. The number of hydrogen-bond acceptors (Lipinski definition) is 6. The maximum atomic E-state index is 4.53. The standard InChI is InChI=1S/C14H15N5S/c1-2-15-14-18-12-6-4-3-5-11(12)13(19-14)16-7-10-8-20-9-17-10/h3-6,8-9H,2,7H2,1H3,(H2,15,16,18,19). The maximum Gasteiger partial charge on any atom is 0.225 e. The van der Waals surface area contributed by atoms with Gasteiger partial charge in [-0.2, -0.15) is 4.98 Å². The summed E-state index contributed by atoms with van der Waals surface area (Å²) in [4.78, 5) is 13.3. The number of fused-ring (bicyclic) bond motifs is 1. The van der Waals surface area contributed by atoms with E-state index in [0.717, 1.165) is 29.0 Å². The van der Waals surface area contributed by atoms with Crippen molar-refractivity contribution < 1.29 is 0 Å². The minimum atomic E-state index is 0.645. The molecule has 0 saturated heterocycles. The molecular formula is C14H15N5S. The molecule has 0 aliphatic heterocycles. The topological polar surface area (TPSA) is 62.7 Å². The first-order valence-electron chi connectivity index (χ1n) is 6.48. The Balaban J connectivity index is 1.94. The normalized spacial score (nSPS) is 10.7. The summed E-state index contributed by atoms with van der Waals surface area (Å²) in [5, 5.41) is 9.55. The molecule has 2 aromatic heterocycles. The van der Waals surface area contributed by atoms with Gasteiger partial charge in [0.25, 0.3) is 0 Å². The van der Waals surface area contributed by atoms with Gasteiger partial charge in [-0.25, -0.2) is 9.97 Å². The van der Waals surface area contributed by atoms with E-state index < -0.39 is 0 Å². The molecule has 0 spiro atoms. The number of hydrogen-bond donors (Lipinski definition) is 2. The second-order valence-corrected chi connectivity index (χ2v) is 5.00. The fourth-order valence-corrected chi connectivity index (χ4v) is 2.51. The molecule has 0 unspecified atom stereocenters. The Hall–Kier alpha value is -2.21. The van der Waals surface area contributed by atoms with E-state index in [9.17, 15) is 0 Å². The van der Waals surface area contributed by atoms with Crippen LogP contribution in [0.5, 0.6) is 0 Å². The highest BCUT2D eigenvalue weighted by molar-refractivity contribution is 7.07. The minimum Gasteiger partial charge on any atom is -0.364 e. The molecule has 2 N–H and O–H groups in total. The molecule has 0 saturated carbocycles. The zero-order chi connectivity index (χ0) is 13.8. The van der Waals surface area contributed by atoms with E-state index in [1.165, 1.54) is 0 Å². The lowest BCUT2D eigenvalue weighted by atomic mass is 10.2. The summed E-state index contributed by atoms with van der Waals surface area (Å²) in [6.07, 6.45) is 0. The monoisotopic (exact) mass is 285 g/mol. The molecule has 5 nitrogen and oxygen atoms in total. The maximum absolute atomic E-state index is 4.53. The van der Waals surface area contributed by atoms with E-state index in [-0.39, 0.29) is 0 Å². The first-order chi connectivity index (χ1) is 9.86. The van der Waals surface area contributed by atoms with Crippen LogP contribution in [0.15, 0.2) is 35.2 Å². The molecule has 3 rings (SSSR count). The van der Waals surface area contributed by atoms with E-state index >= 15 is 0 Å². The lowest BCUT2D eigenvalue weighted by molar-refractivity contribution is 1.04. The van der Waals surface area contributed by atoms with Crippen molar-refractivity contribution in [2.75, 3.05) is 17.2 Å². The average Bonchev–Trinajstić information content (AvgIpc) is 2.98. The predicted molar refractivity (Wildman–Crippen MR) is 83.1 cm³/mol. The molecular weight excluding hydrogens is 270 g/mol. The Kier molecular flexibility index (Phi) is 3.73. The first-order valence-corrected chi connectivity index (χ1v) is 7.42. The molecule has 20 heavy (non-hydrogen) atoms. The summed E-state index contributed by atoms with van der Waals surface area (Å²) >= 11 is 1.59. The van der Waals surface area contributed by atoms with Crippen LogP contribution in [-0.2, 0) is 6.54 Å². The van der Waals surface area contributed by atoms with Gasteiger partial charge >= 0.3 is 0 Å². The Morgan fingerprint density at radius 3 is 2.85 bits per heavy atom. The third-order valence-corrected chi connectivity index (χ3v) is 3.49. The highest BCUT2D eigenvalue weighted by Crippen LogP contribution is 2.22. The zero-order valence-electron chi connectivity index (χ0n) is 11.1. The summed E-state index contributed by atoms with van der Waals surface area (Å²) in [5.74, 6) is 1.48. The molecule has 6 heteroatoms. The van der Waals surface area contributed by atoms with E-state index in [4.69, 9.17) is 0 Å². The van der Waals surface area contributed by atoms with Gasteiger partial charge in [-0.1, -0.05) is 12.1 Å². The van der Waals surface area contributed by atoms with Crippen molar-refractivity contribution >= 4 is 34.0 Å². The third kappa shape index (κ3) is 2.70. The van der Waals surface area contributed by atoms with Gasteiger partial charge in [0.2, 0.25) is 5.95 Å². The van der Waals surface area contributed by atoms with Crippen LogP contribution in [0.1, 0.15) is 12.6 Å². The quantitative estimate of drug-likeness (QED) is 0.754. The third-order valence-electron chi connectivity index (χ3n) is 2.86. The molecule has 0 aliphatic carbocycles. The van der Waals surface area contributed by atoms with Gasteiger partial charge < -0.3 is 10.6 Å². The van der Waals surface area contributed by atoms with Gasteiger partial charge in [0.1, 0.15) is 5.82 Å². The molecule has 102 valence electrons. The van der Waals surface area contributed by atoms with Crippen molar-refractivity contribution in [3.8, 4) is 0 Å². The van der Waals surface area contributed by atoms with Crippen LogP contribution in [0.3, 0.4) is 0 Å². The number of benzene rings is 1. The van der Waals surface area contributed by atoms with Gasteiger partial charge in [-0.15, -0.1) is 11.3 Å². The molecule has 1 aromatic carbocycles. The van der Waals surface area contributed by atoms with Crippen LogP contribution in [0.4, 0.5) is 11.8 Å². The van der Waals surface area contributed by atoms with Crippen molar-refractivity contribution in [1.29, 1.82) is 0 Å². The van der Waals surface area contributed by atoms with Gasteiger partial charge in [0, 0.05) is 17.3 Å². The summed E-state index contributed by atoms with van der Waals surface area (Å²) in [6.45, 7) is 3.49. The molecule has 0 fully saturated rings. The van der Waals surface area contributed by atoms with Gasteiger partial charge in [0.05, 0.1) is 23.3 Å². The van der Waals surface area contributed by atoms with E-state index in [0.29, 0.717) is 12.5 Å². The van der Waals surface area contributed by atoms with Crippen LogP contribution >= 0.6 is 11.3 Å². The molecule has 0 radical (unpaired) electrons. The van der Waals surface area contributed by atoms with Crippen LogP contribution < -0.4 is 10.6 Å². The van der Waals surface area contributed by atoms with Gasteiger partial charge in [-0.05, 0) is 19.1 Å². The highest BCUT2D eigenvalue weighted by atomic mass is 32.1. The van der Waals surface area contributed by atoms with Crippen molar-refractivity contribution in [1.82, 2.24) is 15.0 Å². The molecule has 0 aliphatic rings. The molecule has 3 aromatic rings. The lowest BCUT2D eigenvalue weighted by Crippen LogP contribution is -2.07. The van der Waals surface area contributed by atoms with Crippen molar-refractivity contribution in [2.45, 2.75) is 13.5 Å². The summed E-state index contributed by atoms with van der Waals surface area (Å²) in [6, 6.07) is 7.99. The van der Waals surface area contributed by atoms with E-state index in [2.05, 4.69) is 25.6 Å². The second kappa shape index (κ2) is 5.83. The predicted octanol–water partition coefficient (Wildman–Crippen LogP) is 3.13. The number of rotatable bonds is 5. The molecule has 0 bridgehead atoms. The number of thiazole rings is 1. The number of nitrogens with one attached hydrogen (secondary N) is 2. The molecule has 2 heterocycles. The van der Waals surface area contributed by atoms with Crippen molar-refractivity contribution in [2.24, 2.45) is 0 Å². The van der Waals surface area contributed by atoms with Crippen LogP contribution in [0, 0.1) is 0 Å². The number of para-hydroxylation sites is 1. The fourth-order valence-electron chi connectivity index (χ4n) is 1.95. The molecule has 0 amide bonds. The summed E-state index contributed by atoms with van der Waals surface area (Å²) in [5.41, 5.74) is 3.78.